The summed E-state index contributed by atoms with van der Waals surface area (Å²) in [7, 11) is 1.51. The molecule has 74 valence electrons. The molecule has 1 heterocycles. The minimum atomic E-state index is -0.296. The fourth-order valence-corrected chi connectivity index (χ4v) is 1.68. The van der Waals surface area contributed by atoms with Gasteiger partial charge in [-0.25, -0.2) is 0 Å². The third kappa shape index (κ3) is 1.11. The van der Waals surface area contributed by atoms with Crippen LogP contribution in [0.2, 0.25) is 0 Å². The van der Waals surface area contributed by atoms with Crippen LogP contribution < -0.4 is 4.74 Å². The first-order chi connectivity index (χ1) is 9.06. The average Bonchev–Trinajstić information content (AvgIpc) is 2.82. The van der Waals surface area contributed by atoms with Gasteiger partial charge in [0.2, 0.25) is 0 Å². The molecule has 0 aliphatic carbocycles. The second-order valence-corrected chi connectivity index (χ2v) is 3.14. The summed E-state index contributed by atoms with van der Waals surface area (Å²) in [6.45, 7) is 0. The molecule has 0 bridgehead atoms. The van der Waals surface area contributed by atoms with E-state index < -0.39 is 0 Å². The molecule has 0 radical (unpaired) electrons. The highest BCUT2D eigenvalue weighted by atomic mass is 16.5. The third-order valence-electron chi connectivity index (χ3n) is 2.32. The molecule has 0 saturated carbocycles. The van der Waals surface area contributed by atoms with Gasteiger partial charge in [-0.2, -0.15) is 0 Å². The Bertz CT molecular complexity index is 808. The van der Waals surface area contributed by atoms with Gasteiger partial charge in [0, 0.05) is 5.39 Å². The van der Waals surface area contributed by atoms with E-state index in [4.69, 9.17) is 14.6 Å². The van der Waals surface area contributed by atoms with Crippen molar-refractivity contribution in [2.24, 2.45) is 0 Å². The van der Waals surface area contributed by atoms with Crippen molar-refractivity contribution in [2.45, 2.75) is 0 Å². The van der Waals surface area contributed by atoms with Gasteiger partial charge in [-0.05, 0) is 18.2 Å². The molecule has 2 aromatic carbocycles. The number of hydrogen-bond acceptors (Lipinski definition) is 2. The van der Waals surface area contributed by atoms with Crippen LogP contribution in [0.25, 0.3) is 21.9 Å². The van der Waals surface area contributed by atoms with E-state index in [0.717, 1.165) is 0 Å². The highest BCUT2D eigenvalue weighted by Gasteiger charge is 2.09. The van der Waals surface area contributed by atoms with Gasteiger partial charge >= 0.3 is 0 Å². The first-order valence-electron chi connectivity index (χ1n) is 6.51. The Labute approximate surface area is 92.7 Å². The van der Waals surface area contributed by atoms with Gasteiger partial charge in [-0.1, -0.05) is 24.2 Å². The van der Waals surface area contributed by atoms with Gasteiger partial charge in [-0.15, -0.1) is 0 Å². The Morgan fingerprint density at radius 2 is 2.07 bits per heavy atom. The SMILES string of the molecule is [2H]c1c([2H])c([2H])c2c(oc3cccc(OC)c32)c1[2H]. The fraction of sp³-hybridized carbons (Fsp3) is 0.0769. The number of benzene rings is 2. The summed E-state index contributed by atoms with van der Waals surface area (Å²) < 4.78 is 42.0. The van der Waals surface area contributed by atoms with E-state index in [1.807, 2.05) is 0 Å². The minimum absolute atomic E-state index is 0.112. The lowest BCUT2D eigenvalue weighted by Gasteiger charge is -1.99. The van der Waals surface area contributed by atoms with E-state index in [1.165, 1.54) is 7.11 Å². The quantitative estimate of drug-likeness (QED) is 0.601. The number of furan rings is 1. The van der Waals surface area contributed by atoms with Crippen molar-refractivity contribution in [1.82, 2.24) is 0 Å². The van der Waals surface area contributed by atoms with Crippen molar-refractivity contribution in [1.29, 1.82) is 0 Å². The molecule has 3 rings (SSSR count). The van der Waals surface area contributed by atoms with Crippen LogP contribution in [0.4, 0.5) is 0 Å². The summed E-state index contributed by atoms with van der Waals surface area (Å²) in [6, 6.07) is 4.35. The topological polar surface area (TPSA) is 22.4 Å². The second kappa shape index (κ2) is 3.02. The Morgan fingerprint density at radius 3 is 2.93 bits per heavy atom. The molecular formula is C13H10O2. The Morgan fingerprint density at radius 1 is 1.20 bits per heavy atom. The van der Waals surface area contributed by atoms with Crippen LogP contribution in [0.3, 0.4) is 0 Å². The van der Waals surface area contributed by atoms with Crippen LogP contribution >= 0.6 is 0 Å². The van der Waals surface area contributed by atoms with Crippen molar-refractivity contribution < 1.29 is 14.6 Å². The molecule has 0 atom stereocenters. The summed E-state index contributed by atoms with van der Waals surface area (Å²) in [6.07, 6.45) is 0. The molecule has 0 aliphatic rings. The first-order valence-corrected chi connectivity index (χ1v) is 4.51. The highest BCUT2D eigenvalue weighted by molar-refractivity contribution is 6.08. The molecule has 0 spiro atoms. The van der Waals surface area contributed by atoms with E-state index in [1.54, 1.807) is 18.2 Å². The maximum absolute atomic E-state index is 7.99. The van der Waals surface area contributed by atoms with Crippen LogP contribution in [0.5, 0.6) is 5.75 Å². The predicted molar refractivity (Wildman–Crippen MR) is 60.3 cm³/mol. The summed E-state index contributed by atoms with van der Waals surface area (Å²) >= 11 is 0. The summed E-state index contributed by atoms with van der Waals surface area (Å²) in [5.41, 5.74) is 0.645. The van der Waals surface area contributed by atoms with Crippen molar-refractivity contribution in [3.63, 3.8) is 0 Å². The predicted octanol–water partition coefficient (Wildman–Crippen LogP) is 3.59. The Balaban J connectivity index is 2.65. The normalized spacial score (nSPS) is 14.7. The van der Waals surface area contributed by atoms with Gasteiger partial charge < -0.3 is 9.15 Å². The van der Waals surface area contributed by atoms with Gasteiger partial charge in [-0.3, -0.25) is 0 Å². The van der Waals surface area contributed by atoms with Crippen molar-refractivity contribution in [3.05, 3.63) is 42.4 Å². The van der Waals surface area contributed by atoms with Crippen LogP contribution in [0.15, 0.2) is 46.8 Å². The smallest absolute Gasteiger partial charge is 0.139 e. The first kappa shape index (κ1) is 5.21. The number of hydrogen-bond donors (Lipinski definition) is 0. The summed E-state index contributed by atoms with van der Waals surface area (Å²) in [4.78, 5) is 0. The minimum Gasteiger partial charge on any atom is -0.496 e. The monoisotopic (exact) mass is 202 g/mol. The maximum atomic E-state index is 7.99. The van der Waals surface area contributed by atoms with Gasteiger partial charge in [0.25, 0.3) is 0 Å². The highest BCUT2D eigenvalue weighted by Crippen LogP contribution is 2.34. The lowest BCUT2D eigenvalue weighted by molar-refractivity contribution is 0.420. The van der Waals surface area contributed by atoms with E-state index >= 15 is 0 Å². The zero-order chi connectivity index (χ0) is 13.7. The Hall–Kier alpha value is -1.96. The molecule has 0 aliphatic heterocycles. The molecule has 0 unspecified atom stereocenters. The molecular weight excluding hydrogens is 188 g/mol. The lowest BCUT2D eigenvalue weighted by Crippen LogP contribution is -1.82. The summed E-state index contributed by atoms with van der Waals surface area (Å²) in [5, 5.41) is 0.936. The van der Waals surface area contributed by atoms with E-state index in [-0.39, 0.29) is 29.8 Å². The van der Waals surface area contributed by atoms with Gasteiger partial charge in [0.1, 0.15) is 16.9 Å². The van der Waals surface area contributed by atoms with Crippen molar-refractivity contribution in [2.75, 3.05) is 7.11 Å². The third-order valence-corrected chi connectivity index (χ3v) is 2.32. The van der Waals surface area contributed by atoms with Gasteiger partial charge in [0.05, 0.1) is 18.0 Å². The zero-order valence-electron chi connectivity index (χ0n) is 12.0. The van der Waals surface area contributed by atoms with Crippen molar-refractivity contribution in [3.8, 4) is 5.75 Å². The molecule has 0 amide bonds. The molecule has 15 heavy (non-hydrogen) atoms. The van der Waals surface area contributed by atoms with E-state index in [9.17, 15) is 0 Å². The Kier molecular flexibility index (Phi) is 1.05. The van der Waals surface area contributed by atoms with Crippen LogP contribution in [0, 0.1) is 0 Å². The average molecular weight is 202 g/mol. The molecule has 3 aromatic rings. The molecule has 0 saturated heterocycles. The van der Waals surface area contributed by atoms with Crippen molar-refractivity contribution >= 4 is 21.9 Å². The molecule has 2 heteroatoms. The van der Waals surface area contributed by atoms with Gasteiger partial charge in [0.15, 0.2) is 0 Å². The standard InChI is InChI=1S/C13H10O2/c1-14-11-7-4-8-12-13(11)9-5-2-3-6-10(9)15-12/h2-8H,1H3/i2D,3D,5D,6D. The number of fused-ring (bicyclic) bond motifs is 3. The number of ether oxygens (including phenoxy) is 1. The fourth-order valence-electron chi connectivity index (χ4n) is 1.68. The van der Waals surface area contributed by atoms with E-state index in [0.29, 0.717) is 22.1 Å². The van der Waals surface area contributed by atoms with Crippen LogP contribution in [-0.4, -0.2) is 7.11 Å². The number of methoxy groups -OCH3 is 1. The molecule has 0 N–H and O–H groups in total. The van der Waals surface area contributed by atoms with Crippen LogP contribution in [-0.2, 0) is 0 Å². The molecule has 0 fully saturated rings. The lowest BCUT2D eigenvalue weighted by atomic mass is 10.1. The largest absolute Gasteiger partial charge is 0.496 e. The zero-order valence-corrected chi connectivity index (χ0v) is 8.05. The molecule has 2 nitrogen and oxygen atoms in total. The summed E-state index contributed by atoms with van der Waals surface area (Å²) in [5.74, 6) is 0.529. The molecule has 1 aromatic heterocycles. The number of rotatable bonds is 1. The van der Waals surface area contributed by atoms with Crippen LogP contribution in [0.1, 0.15) is 5.48 Å². The maximum Gasteiger partial charge on any atom is 0.139 e. The second-order valence-electron chi connectivity index (χ2n) is 3.14. The number of para-hydroxylation sites is 1. The van der Waals surface area contributed by atoms with E-state index in [2.05, 4.69) is 0 Å².